The van der Waals surface area contributed by atoms with E-state index in [1.54, 1.807) is 0 Å². The van der Waals surface area contributed by atoms with Crippen LogP contribution in [0.3, 0.4) is 0 Å². The topological polar surface area (TPSA) is 20.2 Å². The maximum atomic E-state index is 8.59. The van der Waals surface area contributed by atoms with E-state index in [1.165, 1.54) is 33.6 Å². The Hall–Kier alpha value is 0.903. The van der Waals surface area contributed by atoms with Crippen molar-refractivity contribution >= 4 is 0 Å². The fourth-order valence-electron chi connectivity index (χ4n) is 0.905. The summed E-state index contributed by atoms with van der Waals surface area (Å²) >= 11 is 1.49. The van der Waals surface area contributed by atoms with Gasteiger partial charge in [-0.1, -0.05) is 0 Å². The molecule has 1 rings (SSSR count). The maximum absolute atomic E-state index is 8.59. The first-order chi connectivity index (χ1) is 4.34. The van der Waals surface area contributed by atoms with Gasteiger partial charge in [0.05, 0.1) is 0 Å². The number of aliphatic hydroxyl groups is 1. The van der Waals surface area contributed by atoms with Crippen molar-refractivity contribution in [1.82, 2.24) is 0 Å². The minimum Gasteiger partial charge on any atom is -1.00 e. The van der Waals surface area contributed by atoms with E-state index >= 15 is 0 Å². The van der Waals surface area contributed by atoms with Crippen molar-refractivity contribution in [3.05, 3.63) is 21.0 Å². The molecule has 0 unspecified atom stereocenters. The Morgan fingerprint density at radius 1 is 1.45 bits per heavy atom. The standard InChI is InChI=1S/C7H9O.2ClH.Zr/c8-6-5-7-3-1-2-4-7;;;/h1,3,8H,2,5-6H2;2*1H;/q;;;+2/p-2. The van der Waals surface area contributed by atoms with Gasteiger partial charge in [-0.05, 0) is 0 Å². The molecule has 1 aliphatic carbocycles. The summed E-state index contributed by atoms with van der Waals surface area (Å²) in [5, 5.41) is 8.59. The number of hydrogen-bond donors (Lipinski definition) is 1. The zero-order valence-electron chi connectivity index (χ0n) is 5.98. The minimum atomic E-state index is 0. The molecule has 0 saturated heterocycles. The Bertz CT molecular complexity index is 166. The van der Waals surface area contributed by atoms with Crippen LogP contribution < -0.4 is 24.8 Å². The summed E-state index contributed by atoms with van der Waals surface area (Å²) < 4.78 is 1.50. The molecular formula is C7H9Cl2OZr. The number of rotatable bonds is 2. The zero-order valence-corrected chi connectivity index (χ0v) is 9.95. The molecule has 0 heterocycles. The van der Waals surface area contributed by atoms with E-state index in [2.05, 4.69) is 12.2 Å². The van der Waals surface area contributed by atoms with E-state index in [4.69, 9.17) is 5.11 Å². The molecule has 0 aromatic rings. The van der Waals surface area contributed by atoms with E-state index in [1.807, 2.05) is 0 Å². The predicted octanol–water partition coefficient (Wildman–Crippen LogP) is -4.86. The molecule has 0 amide bonds. The van der Waals surface area contributed by atoms with E-state index in [-0.39, 0.29) is 31.4 Å². The number of hydrogen-bond acceptors (Lipinski definition) is 1. The molecule has 0 spiro atoms. The van der Waals surface area contributed by atoms with E-state index in [0.717, 1.165) is 12.8 Å². The Labute approximate surface area is 94.6 Å². The van der Waals surface area contributed by atoms with Crippen molar-refractivity contribution < 1.29 is 54.6 Å². The number of aliphatic hydroxyl groups excluding tert-OH is 1. The minimum absolute atomic E-state index is 0. The van der Waals surface area contributed by atoms with Gasteiger partial charge in [-0.2, -0.15) is 0 Å². The zero-order chi connectivity index (χ0) is 6.69. The van der Waals surface area contributed by atoms with Gasteiger partial charge in [0, 0.05) is 0 Å². The van der Waals surface area contributed by atoms with Crippen LogP contribution in [0.2, 0.25) is 0 Å². The second kappa shape index (κ2) is 7.55. The van der Waals surface area contributed by atoms with Crippen LogP contribution in [-0.2, 0) is 24.7 Å². The van der Waals surface area contributed by atoms with Crippen molar-refractivity contribution in [1.29, 1.82) is 0 Å². The molecule has 0 bridgehead atoms. The molecule has 4 heteroatoms. The van der Waals surface area contributed by atoms with Gasteiger partial charge in [0.25, 0.3) is 0 Å². The van der Waals surface area contributed by atoms with Crippen LogP contribution in [0.15, 0.2) is 21.0 Å². The normalized spacial score (nSPS) is 14.5. The molecule has 1 nitrogen and oxygen atoms in total. The first-order valence-corrected chi connectivity index (χ1v) is 4.28. The molecule has 61 valence electrons. The third-order valence-electron chi connectivity index (χ3n) is 1.41. The first-order valence-electron chi connectivity index (χ1n) is 3.05. The number of allylic oxidation sites excluding steroid dienone is 3. The van der Waals surface area contributed by atoms with Crippen molar-refractivity contribution in [3.8, 4) is 0 Å². The average molecular weight is 271 g/mol. The Balaban J connectivity index is 0. The molecule has 0 radical (unpaired) electrons. The summed E-state index contributed by atoms with van der Waals surface area (Å²) in [5.74, 6) is 0. The van der Waals surface area contributed by atoms with Crippen molar-refractivity contribution in [3.63, 3.8) is 0 Å². The van der Waals surface area contributed by atoms with Crippen LogP contribution in [0.5, 0.6) is 0 Å². The molecule has 11 heavy (non-hydrogen) atoms. The second-order valence-corrected chi connectivity index (χ2v) is 3.57. The molecule has 0 atom stereocenters. The fraction of sp³-hybridized carbons (Fsp3) is 0.429. The molecule has 0 aromatic carbocycles. The first kappa shape index (κ1) is 14.4. The summed E-state index contributed by atoms with van der Waals surface area (Å²) in [7, 11) is 0. The molecule has 1 N–H and O–H groups in total. The fourth-order valence-corrected chi connectivity index (χ4v) is 1.71. The average Bonchev–Trinajstić information content (AvgIpc) is 2.18. The molecule has 1 aliphatic rings. The predicted molar refractivity (Wildman–Crippen MR) is 32.5 cm³/mol. The van der Waals surface area contributed by atoms with Crippen LogP contribution in [0.4, 0.5) is 0 Å². The largest absolute Gasteiger partial charge is 1.00 e. The maximum Gasteiger partial charge on any atom is -1.00 e. The van der Waals surface area contributed by atoms with Gasteiger partial charge in [0.2, 0.25) is 0 Å². The molecule has 0 aromatic heterocycles. The molecule has 0 fully saturated rings. The SMILES string of the molecule is OCCC1=[C]([Zr+2])CC=C1.[Cl-].[Cl-]. The quantitative estimate of drug-likeness (QED) is 0.534. The Morgan fingerprint density at radius 3 is 2.45 bits per heavy atom. The smallest absolute Gasteiger partial charge is 1.00 e. The molecular weight excluding hydrogens is 262 g/mol. The van der Waals surface area contributed by atoms with Gasteiger partial charge >= 0.3 is 70.3 Å². The van der Waals surface area contributed by atoms with Crippen LogP contribution in [0.1, 0.15) is 12.8 Å². The third-order valence-corrected chi connectivity index (χ3v) is 2.70. The Morgan fingerprint density at radius 2 is 2.09 bits per heavy atom. The van der Waals surface area contributed by atoms with Gasteiger partial charge < -0.3 is 24.8 Å². The van der Waals surface area contributed by atoms with E-state index < -0.39 is 0 Å². The van der Waals surface area contributed by atoms with Gasteiger partial charge in [-0.15, -0.1) is 0 Å². The number of halogens is 2. The van der Waals surface area contributed by atoms with E-state index in [0.29, 0.717) is 0 Å². The van der Waals surface area contributed by atoms with Crippen LogP contribution in [-0.4, -0.2) is 11.7 Å². The van der Waals surface area contributed by atoms with E-state index in [9.17, 15) is 0 Å². The van der Waals surface area contributed by atoms with Crippen LogP contribution >= 0.6 is 0 Å². The van der Waals surface area contributed by atoms with Gasteiger partial charge in [0.15, 0.2) is 0 Å². The summed E-state index contributed by atoms with van der Waals surface area (Å²) in [4.78, 5) is 0. The van der Waals surface area contributed by atoms with Gasteiger partial charge in [-0.25, -0.2) is 0 Å². The molecule has 0 aliphatic heterocycles. The monoisotopic (exact) mass is 269 g/mol. The van der Waals surface area contributed by atoms with Crippen molar-refractivity contribution in [2.45, 2.75) is 12.8 Å². The van der Waals surface area contributed by atoms with Gasteiger partial charge in [0.1, 0.15) is 0 Å². The van der Waals surface area contributed by atoms with Gasteiger partial charge in [-0.3, -0.25) is 0 Å². The summed E-state index contributed by atoms with van der Waals surface area (Å²) in [5.41, 5.74) is 1.36. The van der Waals surface area contributed by atoms with Crippen LogP contribution in [0, 0.1) is 0 Å². The third kappa shape index (κ3) is 4.47. The summed E-state index contributed by atoms with van der Waals surface area (Å²) in [6, 6.07) is 0. The summed E-state index contributed by atoms with van der Waals surface area (Å²) in [6.07, 6.45) is 6.25. The van der Waals surface area contributed by atoms with Crippen LogP contribution in [0.25, 0.3) is 0 Å². The Kier molecular flexibility index (Phi) is 9.90. The van der Waals surface area contributed by atoms with Crippen molar-refractivity contribution in [2.75, 3.05) is 6.61 Å². The summed E-state index contributed by atoms with van der Waals surface area (Å²) in [6.45, 7) is 0.289. The van der Waals surface area contributed by atoms with Crippen molar-refractivity contribution in [2.24, 2.45) is 0 Å². The molecule has 0 saturated carbocycles. The second-order valence-electron chi connectivity index (χ2n) is 2.08.